The van der Waals surface area contributed by atoms with Crippen LogP contribution in [0.15, 0.2) is 42.7 Å². The smallest absolute Gasteiger partial charge is 0.126 e. The number of halogens is 2. The van der Waals surface area contributed by atoms with Gasteiger partial charge >= 0.3 is 0 Å². The van der Waals surface area contributed by atoms with Gasteiger partial charge in [0.15, 0.2) is 0 Å². The summed E-state index contributed by atoms with van der Waals surface area (Å²) in [6.45, 7) is 2.79. The quantitative estimate of drug-likeness (QED) is 0.919. The van der Waals surface area contributed by atoms with Crippen LogP contribution in [0.25, 0.3) is 0 Å². The normalized spacial score (nSPS) is 21.3. The van der Waals surface area contributed by atoms with E-state index in [0.717, 1.165) is 31.1 Å². The number of rotatable bonds is 5. The van der Waals surface area contributed by atoms with E-state index in [-0.39, 0.29) is 5.92 Å². The molecule has 122 valence electrons. The van der Waals surface area contributed by atoms with Crippen LogP contribution in [0.2, 0.25) is 0 Å². The number of benzene rings is 1. The van der Waals surface area contributed by atoms with Crippen molar-refractivity contribution in [1.82, 2.24) is 10.3 Å². The van der Waals surface area contributed by atoms with Gasteiger partial charge in [-0.15, -0.1) is 0 Å². The van der Waals surface area contributed by atoms with Gasteiger partial charge in [-0.1, -0.05) is 0 Å². The van der Waals surface area contributed by atoms with Gasteiger partial charge in [-0.3, -0.25) is 4.98 Å². The second-order valence-corrected chi connectivity index (χ2v) is 6.03. The van der Waals surface area contributed by atoms with E-state index in [4.69, 9.17) is 4.74 Å². The van der Waals surface area contributed by atoms with Crippen molar-refractivity contribution in [2.24, 2.45) is 5.92 Å². The summed E-state index contributed by atoms with van der Waals surface area (Å²) in [4.78, 5) is 3.97. The Morgan fingerprint density at radius 2 is 1.83 bits per heavy atom. The van der Waals surface area contributed by atoms with Gasteiger partial charge in [-0.2, -0.15) is 0 Å². The van der Waals surface area contributed by atoms with Crippen molar-refractivity contribution in [3.8, 4) is 0 Å². The van der Waals surface area contributed by atoms with Crippen molar-refractivity contribution in [3.63, 3.8) is 0 Å². The summed E-state index contributed by atoms with van der Waals surface area (Å²) in [6.07, 6.45) is 4.36. The molecule has 23 heavy (non-hydrogen) atoms. The highest BCUT2D eigenvalue weighted by atomic mass is 19.1. The van der Waals surface area contributed by atoms with E-state index >= 15 is 0 Å². The summed E-state index contributed by atoms with van der Waals surface area (Å²) in [5, 5.41) is 3.34. The topological polar surface area (TPSA) is 34.1 Å². The Balaban J connectivity index is 1.53. The Bertz CT molecular complexity index is 616. The predicted molar refractivity (Wildman–Crippen MR) is 84.0 cm³/mol. The van der Waals surface area contributed by atoms with Crippen molar-refractivity contribution >= 4 is 0 Å². The highest BCUT2D eigenvalue weighted by Gasteiger charge is 2.24. The van der Waals surface area contributed by atoms with E-state index in [2.05, 4.69) is 10.3 Å². The highest BCUT2D eigenvalue weighted by molar-refractivity contribution is 5.23. The average Bonchev–Trinajstić information content (AvgIpc) is 2.55. The van der Waals surface area contributed by atoms with Crippen LogP contribution in [0.3, 0.4) is 0 Å². The number of pyridine rings is 1. The molecule has 1 saturated heterocycles. The maximum atomic E-state index is 13.4. The SMILES string of the molecule is Fc1cc(F)cc([C@@H]2CNC[C@@H](COCc3ccncc3)C2)c1. The number of aromatic nitrogens is 1. The molecule has 2 atom stereocenters. The van der Waals surface area contributed by atoms with E-state index in [1.807, 2.05) is 12.1 Å². The molecular weight excluding hydrogens is 298 g/mol. The minimum absolute atomic E-state index is 0.114. The third-order valence-electron chi connectivity index (χ3n) is 4.17. The van der Waals surface area contributed by atoms with Crippen LogP contribution in [0.5, 0.6) is 0 Å². The molecule has 1 aliphatic heterocycles. The Kier molecular flexibility index (Phi) is 5.31. The zero-order chi connectivity index (χ0) is 16.1. The van der Waals surface area contributed by atoms with E-state index in [1.54, 1.807) is 12.4 Å². The molecule has 3 rings (SSSR count). The van der Waals surface area contributed by atoms with Crippen LogP contribution in [-0.4, -0.2) is 24.7 Å². The number of hydrogen-bond acceptors (Lipinski definition) is 3. The Morgan fingerprint density at radius 1 is 1.09 bits per heavy atom. The molecule has 2 heterocycles. The fourth-order valence-electron chi connectivity index (χ4n) is 3.04. The van der Waals surface area contributed by atoms with Gasteiger partial charge in [0.1, 0.15) is 11.6 Å². The number of ether oxygens (including phenoxy) is 1. The summed E-state index contributed by atoms with van der Waals surface area (Å²) in [7, 11) is 0. The second-order valence-electron chi connectivity index (χ2n) is 6.03. The fraction of sp³-hybridized carbons (Fsp3) is 0.389. The van der Waals surface area contributed by atoms with Gasteiger partial charge in [-0.05, 0) is 53.6 Å². The molecule has 1 aromatic heterocycles. The monoisotopic (exact) mass is 318 g/mol. The maximum absolute atomic E-state index is 13.4. The first-order chi connectivity index (χ1) is 11.2. The molecular formula is C18H20F2N2O. The minimum Gasteiger partial charge on any atom is -0.376 e. The Labute approximate surface area is 134 Å². The first kappa shape index (κ1) is 16.0. The molecule has 0 spiro atoms. The molecule has 5 heteroatoms. The van der Waals surface area contributed by atoms with E-state index < -0.39 is 11.6 Å². The molecule has 2 aromatic rings. The first-order valence-corrected chi connectivity index (χ1v) is 7.84. The molecule has 1 N–H and O–H groups in total. The summed E-state index contributed by atoms with van der Waals surface area (Å²) >= 11 is 0. The molecule has 1 aliphatic rings. The fourth-order valence-corrected chi connectivity index (χ4v) is 3.04. The maximum Gasteiger partial charge on any atom is 0.126 e. The van der Waals surface area contributed by atoms with Gasteiger partial charge < -0.3 is 10.1 Å². The molecule has 1 aromatic carbocycles. The van der Waals surface area contributed by atoms with Crippen molar-refractivity contribution < 1.29 is 13.5 Å². The second kappa shape index (κ2) is 7.62. The van der Waals surface area contributed by atoms with Crippen LogP contribution >= 0.6 is 0 Å². The summed E-state index contributed by atoms with van der Waals surface area (Å²) in [6, 6.07) is 7.62. The number of piperidine rings is 1. The summed E-state index contributed by atoms with van der Waals surface area (Å²) in [5.41, 5.74) is 1.81. The van der Waals surface area contributed by atoms with Crippen molar-refractivity contribution in [2.45, 2.75) is 18.9 Å². The van der Waals surface area contributed by atoms with Gasteiger partial charge in [0.25, 0.3) is 0 Å². The highest BCUT2D eigenvalue weighted by Crippen LogP contribution is 2.28. The molecule has 0 radical (unpaired) electrons. The standard InChI is InChI=1S/C18H20F2N2O/c19-17-6-15(7-18(20)8-17)16-5-14(9-22-10-16)12-23-11-13-1-3-21-4-2-13/h1-4,6-8,14,16,22H,5,9-12H2/t14-,16-/m0/s1. The lowest BCUT2D eigenvalue weighted by atomic mass is 9.86. The van der Waals surface area contributed by atoms with Crippen LogP contribution in [0.4, 0.5) is 8.78 Å². The lowest BCUT2D eigenvalue weighted by Gasteiger charge is -2.30. The van der Waals surface area contributed by atoms with Crippen LogP contribution in [0.1, 0.15) is 23.5 Å². The third kappa shape index (κ3) is 4.56. The van der Waals surface area contributed by atoms with Crippen LogP contribution < -0.4 is 5.32 Å². The Morgan fingerprint density at radius 3 is 2.57 bits per heavy atom. The third-order valence-corrected chi connectivity index (χ3v) is 4.17. The van der Waals surface area contributed by atoms with Gasteiger partial charge in [0.05, 0.1) is 13.2 Å². The molecule has 0 unspecified atom stereocenters. The molecule has 0 amide bonds. The zero-order valence-corrected chi connectivity index (χ0v) is 12.8. The van der Waals surface area contributed by atoms with Crippen molar-refractivity contribution in [1.29, 1.82) is 0 Å². The van der Waals surface area contributed by atoms with Crippen molar-refractivity contribution in [3.05, 3.63) is 65.5 Å². The molecule has 1 fully saturated rings. The lowest BCUT2D eigenvalue weighted by molar-refractivity contribution is 0.0751. The predicted octanol–water partition coefficient (Wildman–Crippen LogP) is 3.27. The Hall–Kier alpha value is -1.85. The van der Waals surface area contributed by atoms with Gasteiger partial charge in [0, 0.05) is 31.5 Å². The zero-order valence-electron chi connectivity index (χ0n) is 12.8. The summed E-state index contributed by atoms with van der Waals surface area (Å²) < 4.78 is 32.5. The first-order valence-electron chi connectivity index (χ1n) is 7.84. The van der Waals surface area contributed by atoms with Gasteiger partial charge in [0.2, 0.25) is 0 Å². The lowest BCUT2D eigenvalue weighted by Crippen LogP contribution is -2.37. The molecule has 0 saturated carbocycles. The molecule has 0 aliphatic carbocycles. The van der Waals surface area contributed by atoms with Crippen LogP contribution in [-0.2, 0) is 11.3 Å². The number of hydrogen-bond donors (Lipinski definition) is 1. The van der Waals surface area contributed by atoms with Crippen LogP contribution in [0, 0.1) is 17.6 Å². The number of nitrogens with one attached hydrogen (secondary N) is 1. The van der Waals surface area contributed by atoms with E-state index in [1.165, 1.54) is 12.1 Å². The average molecular weight is 318 g/mol. The van der Waals surface area contributed by atoms with E-state index in [9.17, 15) is 8.78 Å². The van der Waals surface area contributed by atoms with Crippen molar-refractivity contribution in [2.75, 3.05) is 19.7 Å². The minimum atomic E-state index is -0.518. The largest absolute Gasteiger partial charge is 0.376 e. The molecule has 0 bridgehead atoms. The van der Waals surface area contributed by atoms with E-state index in [0.29, 0.717) is 24.7 Å². The number of nitrogens with zero attached hydrogens (tertiary/aromatic N) is 1. The molecule has 3 nitrogen and oxygen atoms in total. The summed E-state index contributed by atoms with van der Waals surface area (Å²) in [5.74, 6) is -0.586. The van der Waals surface area contributed by atoms with Gasteiger partial charge in [-0.25, -0.2) is 8.78 Å².